The Bertz CT molecular complexity index is 749. The molecule has 2 aromatic rings. The molecule has 1 aliphatic rings. The third kappa shape index (κ3) is 5.08. The fourth-order valence-electron chi connectivity index (χ4n) is 3.02. The molecule has 1 aromatic heterocycles. The largest absolute Gasteiger partial charge is 0.382 e. The summed E-state index contributed by atoms with van der Waals surface area (Å²) in [5, 5.41) is 3.57. The zero-order valence-electron chi connectivity index (χ0n) is 15.1. The number of methoxy groups -OCH3 is 1. The van der Waals surface area contributed by atoms with Crippen molar-refractivity contribution in [2.45, 2.75) is 6.04 Å². The van der Waals surface area contributed by atoms with Crippen LogP contribution in [0.2, 0.25) is 5.02 Å². The van der Waals surface area contributed by atoms with Gasteiger partial charge in [0.05, 0.1) is 17.7 Å². The molecule has 1 atom stereocenters. The van der Waals surface area contributed by atoms with Crippen LogP contribution in [-0.2, 0) is 4.74 Å². The smallest absolute Gasteiger partial charge is 0.318 e. The number of piperazine rings is 1. The number of benzene rings is 1. The van der Waals surface area contributed by atoms with E-state index in [4.69, 9.17) is 16.3 Å². The van der Waals surface area contributed by atoms with Crippen molar-refractivity contribution in [3.8, 4) is 0 Å². The van der Waals surface area contributed by atoms with Crippen molar-refractivity contribution in [3.63, 3.8) is 0 Å². The average Bonchev–Trinajstić information content (AvgIpc) is 2.69. The number of nitrogens with one attached hydrogen (secondary N) is 1. The van der Waals surface area contributed by atoms with E-state index in [0.29, 0.717) is 37.8 Å². The molecule has 0 bridgehead atoms. The van der Waals surface area contributed by atoms with Crippen molar-refractivity contribution in [1.82, 2.24) is 15.2 Å². The fourth-order valence-corrected chi connectivity index (χ4v) is 3.13. The molecular weight excluding hydrogens is 371 g/mol. The highest BCUT2D eigenvalue weighted by Crippen LogP contribution is 2.18. The Kier molecular flexibility index (Phi) is 6.47. The summed E-state index contributed by atoms with van der Waals surface area (Å²) in [5.74, 6) is 0.538. The summed E-state index contributed by atoms with van der Waals surface area (Å²) < 4.78 is 18.4. The van der Waals surface area contributed by atoms with Crippen molar-refractivity contribution in [3.05, 3.63) is 59.0 Å². The maximum atomic E-state index is 13.1. The van der Waals surface area contributed by atoms with Crippen LogP contribution in [0.25, 0.3) is 0 Å². The lowest BCUT2D eigenvalue weighted by Gasteiger charge is -2.36. The molecule has 1 aliphatic heterocycles. The number of ether oxygens (including phenoxy) is 1. The number of amides is 2. The first kappa shape index (κ1) is 19.4. The third-order valence-electron chi connectivity index (χ3n) is 4.51. The lowest BCUT2D eigenvalue weighted by molar-refractivity contribution is 0.153. The van der Waals surface area contributed by atoms with E-state index in [1.54, 1.807) is 36.4 Å². The van der Waals surface area contributed by atoms with Crippen molar-refractivity contribution in [2.75, 3.05) is 44.8 Å². The van der Waals surface area contributed by atoms with Crippen LogP contribution in [-0.4, -0.2) is 55.8 Å². The monoisotopic (exact) mass is 392 g/mol. The van der Waals surface area contributed by atoms with Gasteiger partial charge >= 0.3 is 6.03 Å². The Balaban J connectivity index is 1.57. The molecule has 1 saturated heterocycles. The van der Waals surface area contributed by atoms with Crippen molar-refractivity contribution < 1.29 is 13.9 Å². The van der Waals surface area contributed by atoms with Crippen LogP contribution in [0.5, 0.6) is 0 Å². The number of carbonyl (C=O) groups excluding carboxylic acids is 1. The van der Waals surface area contributed by atoms with Gasteiger partial charge in [-0.1, -0.05) is 23.7 Å². The molecule has 0 unspecified atom stereocenters. The molecule has 0 saturated carbocycles. The molecule has 0 radical (unpaired) electrons. The predicted octanol–water partition coefficient (Wildman–Crippen LogP) is 3.09. The van der Waals surface area contributed by atoms with Gasteiger partial charge in [-0.3, -0.25) is 0 Å². The second-order valence-electron chi connectivity index (χ2n) is 6.32. The number of hydrogen-bond donors (Lipinski definition) is 1. The molecule has 0 aliphatic carbocycles. The average molecular weight is 393 g/mol. The zero-order valence-corrected chi connectivity index (χ0v) is 15.8. The molecule has 1 fully saturated rings. The molecule has 8 heteroatoms. The van der Waals surface area contributed by atoms with Crippen molar-refractivity contribution >= 4 is 23.4 Å². The highest BCUT2D eigenvalue weighted by molar-refractivity contribution is 6.30. The van der Waals surface area contributed by atoms with Crippen LogP contribution in [0.15, 0.2) is 42.6 Å². The second kappa shape index (κ2) is 9.01. The lowest BCUT2D eigenvalue weighted by Crippen LogP contribution is -2.52. The quantitative estimate of drug-likeness (QED) is 0.849. The van der Waals surface area contributed by atoms with Crippen molar-refractivity contribution in [1.29, 1.82) is 0 Å². The number of urea groups is 1. The molecule has 144 valence electrons. The molecule has 2 amide bonds. The summed E-state index contributed by atoms with van der Waals surface area (Å²) in [5.41, 5.74) is 0.801. The highest BCUT2D eigenvalue weighted by atomic mass is 35.5. The molecule has 27 heavy (non-hydrogen) atoms. The minimum absolute atomic E-state index is 0.162. The fraction of sp³-hybridized carbons (Fsp3) is 0.368. The van der Waals surface area contributed by atoms with E-state index >= 15 is 0 Å². The van der Waals surface area contributed by atoms with Gasteiger partial charge in [-0.2, -0.15) is 0 Å². The van der Waals surface area contributed by atoms with E-state index in [0.717, 1.165) is 11.4 Å². The molecular formula is C19H22ClFN4O2. The standard InChI is InChI=1S/C19H22ClFN4O2/c1-27-13-17(14-2-5-16(21)6-3-14)23-19(26)25-10-8-24(9-11-25)18-7-4-15(20)12-22-18/h2-7,12,17H,8-11,13H2,1H3,(H,23,26)/t17-/m1/s1. The minimum atomic E-state index is -0.334. The van der Waals surface area contributed by atoms with Gasteiger partial charge in [-0.15, -0.1) is 0 Å². The topological polar surface area (TPSA) is 57.7 Å². The highest BCUT2D eigenvalue weighted by Gasteiger charge is 2.24. The van der Waals surface area contributed by atoms with Gasteiger partial charge < -0.3 is 19.9 Å². The Labute approximate surface area is 162 Å². The van der Waals surface area contributed by atoms with Crippen LogP contribution >= 0.6 is 11.6 Å². The normalized spacial score (nSPS) is 15.5. The van der Waals surface area contributed by atoms with Crippen LogP contribution in [0.1, 0.15) is 11.6 Å². The molecule has 2 heterocycles. The maximum absolute atomic E-state index is 13.1. The summed E-state index contributed by atoms with van der Waals surface area (Å²) in [7, 11) is 1.57. The van der Waals surface area contributed by atoms with Crippen LogP contribution < -0.4 is 10.2 Å². The minimum Gasteiger partial charge on any atom is -0.382 e. The molecule has 1 aromatic carbocycles. The van der Waals surface area contributed by atoms with E-state index < -0.39 is 0 Å². The Morgan fingerprint density at radius 3 is 2.52 bits per heavy atom. The van der Waals surface area contributed by atoms with E-state index in [1.807, 2.05) is 6.07 Å². The number of halogens is 2. The Morgan fingerprint density at radius 2 is 1.93 bits per heavy atom. The van der Waals surface area contributed by atoms with Crippen molar-refractivity contribution in [2.24, 2.45) is 0 Å². The molecule has 0 spiro atoms. The number of pyridine rings is 1. The second-order valence-corrected chi connectivity index (χ2v) is 6.75. The first-order valence-corrected chi connectivity index (χ1v) is 9.11. The lowest BCUT2D eigenvalue weighted by atomic mass is 10.1. The SMILES string of the molecule is COC[C@@H](NC(=O)N1CCN(c2ccc(Cl)cn2)CC1)c1ccc(F)cc1. The van der Waals surface area contributed by atoms with Gasteiger partial charge in [-0.25, -0.2) is 14.2 Å². The number of nitrogens with zero attached hydrogens (tertiary/aromatic N) is 3. The van der Waals surface area contributed by atoms with Crippen LogP contribution in [0, 0.1) is 5.82 Å². The number of anilines is 1. The maximum Gasteiger partial charge on any atom is 0.318 e. The molecule has 6 nitrogen and oxygen atoms in total. The van der Waals surface area contributed by atoms with Gasteiger partial charge in [-0.05, 0) is 29.8 Å². The summed E-state index contributed by atoms with van der Waals surface area (Å²) in [4.78, 5) is 20.8. The van der Waals surface area contributed by atoms with Crippen LogP contribution in [0.3, 0.4) is 0 Å². The first-order valence-electron chi connectivity index (χ1n) is 8.73. The number of hydrogen-bond acceptors (Lipinski definition) is 4. The van der Waals surface area contributed by atoms with Gasteiger partial charge in [0.2, 0.25) is 0 Å². The number of rotatable bonds is 5. The summed E-state index contributed by atoms with van der Waals surface area (Å²) >= 11 is 5.88. The summed E-state index contributed by atoms with van der Waals surface area (Å²) in [6.07, 6.45) is 1.62. The summed E-state index contributed by atoms with van der Waals surface area (Å²) in [6.45, 7) is 2.85. The van der Waals surface area contributed by atoms with E-state index in [9.17, 15) is 9.18 Å². The number of carbonyl (C=O) groups is 1. The Hall–Kier alpha value is -2.38. The van der Waals surface area contributed by atoms with Gasteiger partial charge in [0, 0.05) is 39.5 Å². The zero-order chi connectivity index (χ0) is 19.2. The van der Waals surface area contributed by atoms with Gasteiger partial charge in [0.25, 0.3) is 0 Å². The predicted molar refractivity (Wildman–Crippen MR) is 103 cm³/mol. The van der Waals surface area contributed by atoms with E-state index in [2.05, 4.69) is 15.2 Å². The van der Waals surface area contributed by atoms with Gasteiger partial charge in [0.15, 0.2) is 0 Å². The summed E-state index contributed by atoms with van der Waals surface area (Å²) in [6, 6.07) is 9.25. The Morgan fingerprint density at radius 1 is 1.22 bits per heavy atom. The van der Waals surface area contributed by atoms with E-state index in [1.165, 1.54) is 12.1 Å². The first-order chi connectivity index (χ1) is 13.1. The number of aromatic nitrogens is 1. The van der Waals surface area contributed by atoms with Gasteiger partial charge in [0.1, 0.15) is 11.6 Å². The van der Waals surface area contributed by atoms with E-state index in [-0.39, 0.29) is 17.9 Å². The molecule has 3 rings (SSSR count). The third-order valence-corrected chi connectivity index (χ3v) is 4.73. The van der Waals surface area contributed by atoms with Crippen LogP contribution in [0.4, 0.5) is 15.0 Å². The molecule has 1 N–H and O–H groups in total.